The number of hydrogen-bond donors (Lipinski definition) is 0. The van der Waals surface area contributed by atoms with Crippen LogP contribution in [0.2, 0.25) is 0 Å². The molecule has 1 atom stereocenters. The Kier molecular flexibility index (Phi) is 6.32. The number of benzene rings is 3. The Labute approximate surface area is 200 Å². The van der Waals surface area contributed by atoms with Gasteiger partial charge >= 0.3 is 0 Å². The predicted molar refractivity (Wildman–Crippen MR) is 132 cm³/mol. The highest BCUT2D eigenvalue weighted by Gasteiger charge is 2.33. The van der Waals surface area contributed by atoms with Crippen LogP contribution < -0.4 is 9.47 Å². The molecule has 5 rings (SSSR count). The summed E-state index contributed by atoms with van der Waals surface area (Å²) in [6, 6.07) is 24.5. The van der Waals surface area contributed by atoms with E-state index in [9.17, 15) is 4.79 Å². The standard InChI is InChI=1S/C28H29N3O3/c1-33-25-17-22-13-15-30(28(21-11-7-4-8-12-21)23(22)18-26(25)34-2)19-27(32)31-16-14-24(29-31)20-9-5-3-6-10-20/h3-12,17-18,28H,13-16,19H2,1-2H3. The fourth-order valence-electron chi connectivity index (χ4n) is 4.92. The monoisotopic (exact) mass is 455 g/mol. The van der Waals surface area contributed by atoms with Crippen molar-refractivity contribution in [1.82, 2.24) is 9.91 Å². The molecule has 6 heteroatoms. The van der Waals surface area contributed by atoms with Gasteiger partial charge in [-0.15, -0.1) is 0 Å². The molecule has 2 aliphatic rings. The average molecular weight is 456 g/mol. The molecule has 0 saturated heterocycles. The second-order valence-corrected chi connectivity index (χ2v) is 8.62. The zero-order valence-corrected chi connectivity index (χ0v) is 19.6. The van der Waals surface area contributed by atoms with Crippen molar-refractivity contribution in [1.29, 1.82) is 0 Å². The molecule has 2 aliphatic heterocycles. The van der Waals surface area contributed by atoms with E-state index in [2.05, 4.69) is 34.3 Å². The quantitative estimate of drug-likeness (QED) is 0.557. The molecule has 0 N–H and O–H groups in total. The molecule has 2 heterocycles. The van der Waals surface area contributed by atoms with Crippen molar-refractivity contribution >= 4 is 11.6 Å². The molecule has 1 unspecified atom stereocenters. The van der Waals surface area contributed by atoms with E-state index in [0.29, 0.717) is 18.8 Å². The van der Waals surface area contributed by atoms with E-state index in [1.165, 1.54) is 5.56 Å². The minimum absolute atomic E-state index is 0.0239. The van der Waals surface area contributed by atoms with Crippen LogP contribution in [0.4, 0.5) is 0 Å². The number of amides is 1. The number of nitrogens with zero attached hydrogens (tertiary/aromatic N) is 3. The van der Waals surface area contributed by atoms with Crippen LogP contribution in [0.3, 0.4) is 0 Å². The van der Waals surface area contributed by atoms with Crippen LogP contribution in [-0.2, 0) is 11.2 Å². The summed E-state index contributed by atoms with van der Waals surface area (Å²) in [6.45, 7) is 1.70. The average Bonchev–Trinajstić information content (AvgIpc) is 3.39. The smallest absolute Gasteiger partial charge is 0.256 e. The maximum Gasteiger partial charge on any atom is 0.256 e. The number of ether oxygens (including phenoxy) is 2. The van der Waals surface area contributed by atoms with Gasteiger partial charge < -0.3 is 9.47 Å². The Morgan fingerprint density at radius 2 is 1.59 bits per heavy atom. The third-order valence-corrected chi connectivity index (χ3v) is 6.62. The van der Waals surface area contributed by atoms with Crippen molar-refractivity contribution in [2.45, 2.75) is 18.9 Å². The Morgan fingerprint density at radius 3 is 2.29 bits per heavy atom. The van der Waals surface area contributed by atoms with Crippen molar-refractivity contribution in [3.05, 3.63) is 95.1 Å². The van der Waals surface area contributed by atoms with Gasteiger partial charge in [0, 0.05) is 13.0 Å². The van der Waals surface area contributed by atoms with Gasteiger partial charge in [-0.3, -0.25) is 9.69 Å². The lowest BCUT2D eigenvalue weighted by Crippen LogP contribution is -2.43. The molecule has 3 aromatic carbocycles. The summed E-state index contributed by atoms with van der Waals surface area (Å²) in [5.74, 6) is 1.46. The van der Waals surface area contributed by atoms with Crippen LogP contribution >= 0.6 is 0 Å². The molecular weight excluding hydrogens is 426 g/mol. The van der Waals surface area contributed by atoms with E-state index in [-0.39, 0.29) is 11.9 Å². The van der Waals surface area contributed by atoms with Gasteiger partial charge in [0.15, 0.2) is 11.5 Å². The second kappa shape index (κ2) is 9.69. The van der Waals surface area contributed by atoms with Crippen molar-refractivity contribution in [3.63, 3.8) is 0 Å². The maximum absolute atomic E-state index is 13.3. The summed E-state index contributed by atoms with van der Waals surface area (Å²) < 4.78 is 11.1. The maximum atomic E-state index is 13.3. The molecule has 6 nitrogen and oxygen atoms in total. The van der Waals surface area contributed by atoms with Crippen LogP contribution in [0.1, 0.15) is 34.7 Å². The minimum atomic E-state index is -0.0473. The van der Waals surface area contributed by atoms with Crippen LogP contribution in [-0.4, -0.2) is 55.4 Å². The first-order valence-corrected chi connectivity index (χ1v) is 11.6. The highest BCUT2D eigenvalue weighted by Crippen LogP contribution is 2.41. The van der Waals surface area contributed by atoms with Crippen molar-refractivity contribution in [3.8, 4) is 11.5 Å². The van der Waals surface area contributed by atoms with E-state index >= 15 is 0 Å². The molecular formula is C28H29N3O3. The molecule has 0 aromatic heterocycles. The van der Waals surface area contributed by atoms with Gasteiger partial charge in [-0.1, -0.05) is 60.7 Å². The Hall–Kier alpha value is -3.64. The van der Waals surface area contributed by atoms with Crippen LogP contribution in [0.25, 0.3) is 0 Å². The summed E-state index contributed by atoms with van der Waals surface area (Å²) in [5, 5.41) is 6.29. The number of fused-ring (bicyclic) bond motifs is 1. The van der Waals surface area contributed by atoms with Crippen molar-refractivity contribution < 1.29 is 14.3 Å². The zero-order chi connectivity index (χ0) is 23.5. The van der Waals surface area contributed by atoms with Gasteiger partial charge in [0.1, 0.15) is 0 Å². The molecule has 174 valence electrons. The first-order valence-electron chi connectivity index (χ1n) is 11.6. The van der Waals surface area contributed by atoms with Gasteiger partial charge in [-0.25, -0.2) is 5.01 Å². The van der Waals surface area contributed by atoms with E-state index < -0.39 is 0 Å². The van der Waals surface area contributed by atoms with Gasteiger partial charge in [0.2, 0.25) is 0 Å². The van der Waals surface area contributed by atoms with Crippen LogP contribution in [0.15, 0.2) is 77.9 Å². The molecule has 0 saturated carbocycles. The first-order chi connectivity index (χ1) is 16.7. The van der Waals surface area contributed by atoms with Crippen LogP contribution in [0, 0.1) is 0 Å². The number of carbonyl (C=O) groups excluding carboxylic acids is 1. The lowest BCUT2D eigenvalue weighted by molar-refractivity contribution is -0.132. The molecule has 34 heavy (non-hydrogen) atoms. The topological polar surface area (TPSA) is 54.4 Å². The third kappa shape index (κ3) is 4.29. The summed E-state index contributed by atoms with van der Waals surface area (Å²) in [4.78, 5) is 15.6. The number of carbonyl (C=O) groups is 1. The Morgan fingerprint density at radius 1 is 0.912 bits per heavy atom. The highest BCUT2D eigenvalue weighted by atomic mass is 16.5. The van der Waals surface area contributed by atoms with Gasteiger partial charge in [-0.05, 0) is 40.8 Å². The first kappa shape index (κ1) is 22.2. The van der Waals surface area contributed by atoms with Gasteiger partial charge in [0.05, 0.1) is 39.1 Å². The molecule has 0 aliphatic carbocycles. The van der Waals surface area contributed by atoms with Crippen molar-refractivity contribution in [2.75, 3.05) is 33.9 Å². The molecule has 0 fully saturated rings. The van der Waals surface area contributed by atoms with E-state index in [0.717, 1.165) is 47.5 Å². The fraction of sp³-hybridized carbons (Fsp3) is 0.286. The second-order valence-electron chi connectivity index (χ2n) is 8.62. The molecule has 3 aromatic rings. The molecule has 1 amide bonds. The fourth-order valence-corrected chi connectivity index (χ4v) is 4.92. The van der Waals surface area contributed by atoms with Gasteiger partial charge in [0.25, 0.3) is 5.91 Å². The number of hydrogen-bond acceptors (Lipinski definition) is 5. The highest BCUT2D eigenvalue weighted by molar-refractivity contribution is 6.02. The van der Waals surface area contributed by atoms with E-state index in [1.54, 1.807) is 19.2 Å². The summed E-state index contributed by atoms with van der Waals surface area (Å²) in [6.07, 6.45) is 1.61. The summed E-state index contributed by atoms with van der Waals surface area (Å²) >= 11 is 0. The normalized spacial score (nSPS) is 17.8. The minimum Gasteiger partial charge on any atom is -0.493 e. The van der Waals surface area contributed by atoms with Crippen LogP contribution in [0.5, 0.6) is 11.5 Å². The summed E-state index contributed by atoms with van der Waals surface area (Å²) in [7, 11) is 3.31. The van der Waals surface area contributed by atoms with E-state index in [1.807, 2.05) is 48.5 Å². The Bertz CT molecular complexity index is 1190. The zero-order valence-electron chi connectivity index (χ0n) is 19.6. The lowest BCUT2D eigenvalue weighted by atomic mass is 9.87. The number of hydrazone groups is 1. The molecule has 0 bridgehead atoms. The third-order valence-electron chi connectivity index (χ3n) is 6.62. The van der Waals surface area contributed by atoms with Gasteiger partial charge in [-0.2, -0.15) is 5.10 Å². The van der Waals surface area contributed by atoms with E-state index in [4.69, 9.17) is 9.47 Å². The Balaban J connectivity index is 1.43. The molecule has 0 radical (unpaired) electrons. The SMILES string of the molecule is COc1cc2c(cc1OC)C(c1ccccc1)N(CC(=O)N1CCC(c3ccccc3)=N1)CC2. The molecule has 0 spiro atoms. The largest absolute Gasteiger partial charge is 0.493 e. The lowest BCUT2D eigenvalue weighted by Gasteiger charge is -2.38. The predicted octanol–water partition coefficient (Wildman–Crippen LogP) is 4.29. The van der Waals surface area contributed by atoms with Crippen molar-refractivity contribution in [2.24, 2.45) is 5.10 Å². The summed E-state index contributed by atoms with van der Waals surface area (Å²) in [5.41, 5.74) is 5.57. The number of rotatable bonds is 6. The number of methoxy groups -OCH3 is 2.